The van der Waals surface area contributed by atoms with Gasteiger partial charge in [0.15, 0.2) is 0 Å². The molecule has 154 valence electrons. The topological polar surface area (TPSA) is 9.23 Å². The van der Waals surface area contributed by atoms with Crippen molar-refractivity contribution in [1.29, 1.82) is 0 Å². The Morgan fingerprint density at radius 1 is 0.964 bits per heavy atom. The third-order valence-corrected chi connectivity index (χ3v) is 6.18. The molecule has 0 radical (unpaired) electrons. The SMILES string of the molecule is CCCCCc1cc2ccc(OC(F)(F)C3CCC(CC)CC3)cc2cc1F. The Balaban J connectivity index is 1.72. The van der Waals surface area contributed by atoms with Crippen molar-refractivity contribution in [2.24, 2.45) is 11.8 Å². The highest BCUT2D eigenvalue weighted by Gasteiger charge is 2.43. The quantitative estimate of drug-likeness (QED) is 0.415. The van der Waals surface area contributed by atoms with Crippen LogP contribution in [0.3, 0.4) is 0 Å². The predicted molar refractivity (Wildman–Crippen MR) is 108 cm³/mol. The second kappa shape index (κ2) is 9.19. The van der Waals surface area contributed by atoms with Crippen molar-refractivity contribution >= 4 is 10.8 Å². The lowest BCUT2D eigenvalue weighted by Crippen LogP contribution is -2.37. The van der Waals surface area contributed by atoms with Gasteiger partial charge in [-0.1, -0.05) is 39.2 Å². The van der Waals surface area contributed by atoms with Gasteiger partial charge < -0.3 is 4.74 Å². The average molecular weight is 393 g/mol. The summed E-state index contributed by atoms with van der Waals surface area (Å²) in [5, 5.41) is 1.45. The molecule has 2 aromatic rings. The van der Waals surface area contributed by atoms with Crippen LogP contribution in [0.1, 0.15) is 70.8 Å². The summed E-state index contributed by atoms with van der Waals surface area (Å²) in [6, 6.07) is 8.11. The van der Waals surface area contributed by atoms with E-state index in [4.69, 9.17) is 4.74 Å². The molecule has 0 heterocycles. The molecule has 1 aliphatic carbocycles. The van der Waals surface area contributed by atoms with Crippen molar-refractivity contribution in [3.05, 3.63) is 41.7 Å². The van der Waals surface area contributed by atoms with Gasteiger partial charge in [-0.25, -0.2) is 4.39 Å². The fourth-order valence-corrected chi connectivity index (χ4v) is 4.26. The van der Waals surface area contributed by atoms with Crippen LogP contribution in [0.25, 0.3) is 10.8 Å². The zero-order valence-corrected chi connectivity index (χ0v) is 16.9. The van der Waals surface area contributed by atoms with E-state index in [0.717, 1.165) is 43.9 Å². The molecule has 0 aromatic heterocycles. The highest BCUT2D eigenvalue weighted by atomic mass is 19.3. The molecule has 0 aliphatic heterocycles. The summed E-state index contributed by atoms with van der Waals surface area (Å²) in [5.41, 5.74) is 0.688. The number of alkyl halides is 2. The van der Waals surface area contributed by atoms with Crippen LogP contribution in [0.2, 0.25) is 0 Å². The molecule has 0 atom stereocenters. The molecule has 2 aromatic carbocycles. The van der Waals surface area contributed by atoms with Crippen LogP contribution in [0, 0.1) is 17.7 Å². The summed E-state index contributed by atoms with van der Waals surface area (Å²) in [6.45, 7) is 4.23. The lowest BCUT2D eigenvalue weighted by molar-refractivity contribution is -0.223. The first kappa shape index (κ1) is 21.0. The molecule has 1 nitrogen and oxygen atoms in total. The molecule has 0 amide bonds. The fourth-order valence-electron chi connectivity index (χ4n) is 4.26. The number of hydrogen-bond donors (Lipinski definition) is 0. The van der Waals surface area contributed by atoms with E-state index >= 15 is 0 Å². The summed E-state index contributed by atoms with van der Waals surface area (Å²) >= 11 is 0. The molecule has 0 N–H and O–H groups in total. The van der Waals surface area contributed by atoms with Crippen molar-refractivity contribution in [2.75, 3.05) is 0 Å². The van der Waals surface area contributed by atoms with Gasteiger partial charge >= 0.3 is 6.11 Å². The molecule has 0 spiro atoms. The maximum atomic E-state index is 14.6. The summed E-state index contributed by atoms with van der Waals surface area (Å²) in [6.07, 6.45) is 4.33. The first-order valence-electron chi connectivity index (χ1n) is 10.7. The first-order valence-corrected chi connectivity index (χ1v) is 10.7. The van der Waals surface area contributed by atoms with Gasteiger partial charge in [0.1, 0.15) is 11.6 Å². The third-order valence-electron chi connectivity index (χ3n) is 6.18. The highest BCUT2D eigenvalue weighted by molar-refractivity contribution is 5.84. The van der Waals surface area contributed by atoms with Crippen molar-refractivity contribution in [3.8, 4) is 5.75 Å². The molecule has 1 aliphatic rings. The Labute approximate surface area is 166 Å². The first-order chi connectivity index (χ1) is 13.4. The van der Waals surface area contributed by atoms with E-state index in [1.165, 1.54) is 12.1 Å². The van der Waals surface area contributed by atoms with E-state index in [1.54, 1.807) is 12.1 Å². The zero-order chi connectivity index (χ0) is 20.1. The number of ether oxygens (including phenoxy) is 1. The van der Waals surface area contributed by atoms with E-state index in [9.17, 15) is 13.2 Å². The van der Waals surface area contributed by atoms with Gasteiger partial charge in [0.2, 0.25) is 0 Å². The second-order valence-electron chi connectivity index (χ2n) is 8.20. The Morgan fingerprint density at radius 2 is 1.71 bits per heavy atom. The highest BCUT2D eigenvalue weighted by Crippen LogP contribution is 2.41. The number of rotatable bonds is 8. The molecule has 1 fully saturated rings. The third kappa shape index (κ3) is 5.01. The van der Waals surface area contributed by atoms with Crippen molar-refractivity contribution in [3.63, 3.8) is 0 Å². The summed E-state index contributed by atoms with van der Waals surface area (Å²) in [7, 11) is 0. The molecule has 28 heavy (non-hydrogen) atoms. The molecular formula is C24H31F3O. The Bertz CT molecular complexity index is 779. The van der Waals surface area contributed by atoms with Crippen LogP contribution in [0.4, 0.5) is 13.2 Å². The largest absolute Gasteiger partial charge is 0.432 e. The van der Waals surface area contributed by atoms with Gasteiger partial charge in [-0.15, -0.1) is 0 Å². The van der Waals surface area contributed by atoms with Crippen LogP contribution in [-0.2, 0) is 6.42 Å². The van der Waals surface area contributed by atoms with Gasteiger partial charge in [-0.2, -0.15) is 8.78 Å². The normalized spacial score (nSPS) is 20.5. The predicted octanol–water partition coefficient (Wildman–Crippen LogP) is 7.90. The monoisotopic (exact) mass is 392 g/mol. The van der Waals surface area contributed by atoms with E-state index in [0.29, 0.717) is 36.1 Å². The van der Waals surface area contributed by atoms with E-state index in [-0.39, 0.29) is 11.6 Å². The smallest absolute Gasteiger partial charge is 0.400 e. The Kier molecular flexibility index (Phi) is 6.90. The number of halogens is 3. The molecule has 0 unspecified atom stereocenters. The molecule has 0 saturated heterocycles. The van der Waals surface area contributed by atoms with Crippen molar-refractivity contribution in [1.82, 2.24) is 0 Å². The van der Waals surface area contributed by atoms with E-state index in [1.807, 2.05) is 6.07 Å². The molecule has 3 rings (SSSR count). The maximum absolute atomic E-state index is 14.6. The second-order valence-corrected chi connectivity index (χ2v) is 8.20. The number of hydrogen-bond acceptors (Lipinski definition) is 1. The van der Waals surface area contributed by atoms with Gasteiger partial charge in [0.05, 0.1) is 5.92 Å². The van der Waals surface area contributed by atoms with E-state index in [2.05, 4.69) is 13.8 Å². The lowest BCUT2D eigenvalue weighted by Gasteiger charge is -2.33. The van der Waals surface area contributed by atoms with E-state index < -0.39 is 12.0 Å². The van der Waals surface area contributed by atoms with Crippen LogP contribution in [-0.4, -0.2) is 6.11 Å². The van der Waals surface area contributed by atoms with Gasteiger partial charge in [0.25, 0.3) is 0 Å². The molecule has 0 bridgehead atoms. The van der Waals surface area contributed by atoms with Gasteiger partial charge in [0, 0.05) is 0 Å². The minimum Gasteiger partial charge on any atom is -0.432 e. The molecular weight excluding hydrogens is 361 g/mol. The summed E-state index contributed by atoms with van der Waals surface area (Å²) in [4.78, 5) is 0. The average Bonchev–Trinajstić information content (AvgIpc) is 2.68. The maximum Gasteiger partial charge on any atom is 0.400 e. The lowest BCUT2D eigenvalue weighted by atomic mass is 9.80. The van der Waals surface area contributed by atoms with Gasteiger partial charge in [-0.3, -0.25) is 0 Å². The molecule has 4 heteroatoms. The van der Waals surface area contributed by atoms with Crippen molar-refractivity contribution < 1.29 is 17.9 Å². The minimum atomic E-state index is -3.19. The van der Waals surface area contributed by atoms with Gasteiger partial charge in [-0.05, 0) is 85.0 Å². The minimum absolute atomic E-state index is 0.105. The number of fused-ring (bicyclic) bond motifs is 1. The molecule has 1 saturated carbocycles. The van der Waals surface area contributed by atoms with Crippen molar-refractivity contribution in [2.45, 2.75) is 77.7 Å². The number of aryl methyl sites for hydroxylation is 1. The Morgan fingerprint density at radius 3 is 2.39 bits per heavy atom. The summed E-state index contributed by atoms with van der Waals surface area (Å²) < 4.78 is 48.8. The van der Waals surface area contributed by atoms with Crippen LogP contribution in [0.15, 0.2) is 30.3 Å². The zero-order valence-electron chi connectivity index (χ0n) is 16.9. The van der Waals surface area contributed by atoms with Crippen LogP contribution >= 0.6 is 0 Å². The number of benzene rings is 2. The fraction of sp³-hybridized carbons (Fsp3) is 0.583. The standard InChI is InChI=1S/C24H31F3O/c1-3-5-6-7-19-14-18-10-13-22(15-20(18)16-23(19)25)28-24(26,27)21-11-8-17(4-2)9-12-21/h10,13-17,21H,3-9,11-12H2,1-2H3. The number of unbranched alkanes of at least 4 members (excludes halogenated alkanes) is 2. The van der Waals surface area contributed by atoms with Crippen LogP contribution in [0.5, 0.6) is 5.75 Å². The van der Waals surface area contributed by atoms with Crippen LogP contribution < -0.4 is 4.74 Å². The Hall–Kier alpha value is -1.71. The summed E-state index contributed by atoms with van der Waals surface area (Å²) in [5.74, 6) is -0.357.